The summed E-state index contributed by atoms with van der Waals surface area (Å²) in [7, 11) is 1.96. The summed E-state index contributed by atoms with van der Waals surface area (Å²) in [6.07, 6.45) is 2.92. The van der Waals surface area contributed by atoms with Crippen LogP contribution in [0.3, 0.4) is 0 Å². The van der Waals surface area contributed by atoms with Crippen molar-refractivity contribution < 1.29 is 0 Å². The molecule has 0 bridgehead atoms. The van der Waals surface area contributed by atoms with Crippen molar-refractivity contribution in [3.05, 3.63) is 41.2 Å². The fraction of sp³-hybridized carbons (Fsp3) is 0.438. The highest BCUT2D eigenvalue weighted by atomic mass is 15.2. The van der Waals surface area contributed by atoms with Crippen molar-refractivity contribution in [2.45, 2.75) is 33.1 Å². The molecule has 0 atom stereocenters. The third-order valence-corrected chi connectivity index (χ3v) is 3.50. The largest absolute Gasteiger partial charge is 0.330 e. The molecule has 0 saturated heterocycles. The van der Waals surface area contributed by atoms with E-state index in [0.29, 0.717) is 12.5 Å². The Morgan fingerprint density at radius 1 is 1.26 bits per heavy atom. The molecule has 19 heavy (non-hydrogen) atoms. The molecule has 1 aromatic carbocycles. The summed E-state index contributed by atoms with van der Waals surface area (Å²) in [5.41, 5.74) is 11.9. The van der Waals surface area contributed by atoms with Gasteiger partial charge in [-0.15, -0.1) is 0 Å². The van der Waals surface area contributed by atoms with Gasteiger partial charge in [-0.3, -0.25) is 4.68 Å². The van der Waals surface area contributed by atoms with Gasteiger partial charge >= 0.3 is 0 Å². The first-order chi connectivity index (χ1) is 9.02. The van der Waals surface area contributed by atoms with Gasteiger partial charge in [0.1, 0.15) is 0 Å². The summed E-state index contributed by atoms with van der Waals surface area (Å²) in [5, 5.41) is 4.53. The van der Waals surface area contributed by atoms with Crippen LogP contribution in [0.25, 0.3) is 11.1 Å². The number of rotatable bonds is 4. The average Bonchev–Trinajstić information content (AvgIpc) is 2.71. The molecule has 0 unspecified atom stereocenters. The molecule has 0 aliphatic heterocycles. The molecule has 1 aromatic heterocycles. The Morgan fingerprint density at radius 3 is 2.63 bits per heavy atom. The van der Waals surface area contributed by atoms with Crippen LogP contribution in [-0.4, -0.2) is 16.3 Å². The highest BCUT2D eigenvalue weighted by Gasteiger charge is 2.12. The molecule has 3 nitrogen and oxygen atoms in total. The standard InChI is InChI=1S/C16H23N3/c1-11(2)13-6-5-12(3)14(9-13)15-10-19(4)18-16(15)7-8-17/h5-6,9-11H,7-8,17H2,1-4H3. The van der Waals surface area contributed by atoms with Crippen LogP contribution in [0.5, 0.6) is 0 Å². The molecule has 0 aliphatic carbocycles. The van der Waals surface area contributed by atoms with Crippen LogP contribution < -0.4 is 5.73 Å². The van der Waals surface area contributed by atoms with Gasteiger partial charge in [0.2, 0.25) is 0 Å². The molecule has 2 aromatic rings. The highest BCUT2D eigenvalue weighted by Crippen LogP contribution is 2.29. The smallest absolute Gasteiger partial charge is 0.0715 e. The number of aryl methyl sites for hydroxylation is 2. The Balaban J connectivity index is 2.54. The number of aromatic nitrogens is 2. The SMILES string of the molecule is Cc1ccc(C(C)C)cc1-c1cn(C)nc1CCN. The Morgan fingerprint density at radius 2 is 2.00 bits per heavy atom. The molecule has 0 saturated carbocycles. The molecule has 0 fully saturated rings. The Kier molecular flexibility index (Phi) is 4.05. The van der Waals surface area contributed by atoms with Crippen LogP contribution in [0.15, 0.2) is 24.4 Å². The first-order valence-corrected chi connectivity index (χ1v) is 6.86. The van der Waals surface area contributed by atoms with E-state index in [1.807, 2.05) is 11.7 Å². The fourth-order valence-corrected chi connectivity index (χ4v) is 2.37. The van der Waals surface area contributed by atoms with Gasteiger partial charge < -0.3 is 5.73 Å². The second kappa shape index (κ2) is 5.57. The molecule has 3 heteroatoms. The fourth-order valence-electron chi connectivity index (χ4n) is 2.37. The normalized spacial score (nSPS) is 11.3. The van der Waals surface area contributed by atoms with Crippen molar-refractivity contribution in [3.63, 3.8) is 0 Å². The molecule has 0 spiro atoms. The van der Waals surface area contributed by atoms with Crippen molar-refractivity contribution in [2.75, 3.05) is 6.54 Å². The molecule has 1 heterocycles. The maximum absolute atomic E-state index is 5.68. The molecule has 2 rings (SSSR count). The number of hydrogen-bond acceptors (Lipinski definition) is 2. The van der Waals surface area contributed by atoms with Gasteiger partial charge in [-0.2, -0.15) is 5.10 Å². The maximum Gasteiger partial charge on any atom is 0.0715 e. The summed E-state index contributed by atoms with van der Waals surface area (Å²) in [4.78, 5) is 0. The van der Waals surface area contributed by atoms with E-state index < -0.39 is 0 Å². The van der Waals surface area contributed by atoms with Crippen molar-refractivity contribution in [2.24, 2.45) is 12.8 Å². The van der Waals surface area contributed by atoms with Crippen LogP contribution in [0, 0.1) is 6.92 Å². The lowest BCUT2D eigenvalue weighted by Gasteiger charge is -2.11. The van der Waals surface area contributed by atoms with Crippen LogP contribution in [0.2, 0.25) is 0 Å². The minimum atomic E-state index is 0.536. The summed E-state index contributed by atoms with van der Waals surface area (Å²) in [6.45, 7) is 7.22. The minimum absolute atomic E-state index is 0.536. The quantitative estimate of drug-likeness (QED) is 0.915. The zero-order valence-electron chi connectivity index (χ0n) is 12.3. The second-order valence-corrected chi connectivity index (χ2v) is 5.43. The van der Waals surface area contributed by atoms with E-state index in [1.54, 1.807) is 0 Å². The van der Waals surface area contributed by atoms with Crippen LogP contribution in [-0.2, 0) is 13.5 Å². The zero-order chi connectivity index (χ0) is 14.0. The van der Waals surface area contributed by atoms with Crippen molar-refractivity contribution in [1.82, 2.24) is 9.78 Å². The summed E-state index contributed by atoms with van der Waals surface area (Å²) < 4.78 is 1.88. The van der Waals surface area contributed by atoms with Gasteiger partial charge in [-0.05, 0) is 36.1 Å². The first-order valence-electron chi connectivity index (χ1n) is 6.86. The number of nitrogens with two attached hydrogens (primary N) is 1. The van der Waals surface area contributed by atoms with E-state index >= 15 is 0 Å². The van der Waals surface area contributed by atoms with Gasteiger partial charge in [0.25, 0.3) is 0 Å². The molecule has 2 N–H and O–H groups in total. The maximum atomic E-state index is 5.68. The Bertz CT molecular complexity index is 567. The summed E-state index contributed by atoms with van der Waals surface area (Å²) in [6, 6.07) is 6.70. The van der Waals surface area contributed by atoms with E-state index in [2.05, 4.69) is 50.3 Å². The van der Waals surface area contributed by atoms with Gasteiger partial charge in [0.05, 0.1) is 5.69 Å². The average molecular weight is 257 g/mol. The topological polar surface area (TPSA) is 43.8 Å². The van der Waals surface area contributed by atoms with Crippen molar-refractivity contribution in [3.8, 4) is 11.1 Å². The number of benzene rings is 1. The van der Waals surface area contributed by atoms with Crippen LogP contribution in [0.1, 0.15) is 36.6 Å². The number of nitrogens with zero attached hydrogens (tertiary/aromatic N) is 2. The van der Waals surface area contributed by atoms with Gasteiger partial charge in [0, 0.05) is 25.2 Å². The van der Waals surface area contributed by atoms with Crippen molar-refractivity contribution >= 4 is 0 Å². The van der Waals surface area contributed by atoms with E-state index in [1.165, 1.54) is 22.3 Å². The minimum Gasteiger partial charge on any atom is -0.330 e. The lowest BCUT2D eigenvalue weighted by atomic mass is 9.93. The molecular weight excluding hydrogens is 234 g/mol. The predicted octanol–water partition coefficient (Wildman–Crippen LogP) is 3.02. The first kappa shape index (κ1) is 13.8. The predicted molar refractivity (Wildman–Crippen MR) is 80.2 cm³/mol. The third kappa shape index (κ3) is 2.87. The lowest BCUT2D eigenvalue weighted by Crippen LogP contribution is -2.05. The van der Waals surface area contributed by atoms with Crippen molar-refractivity contribution in [1.29, 1.82) is 0 Å². The second-order valence-electron chi connectivity index (χ2n) is 5.43. The lowest BCUT2D eigenvalue weighted by molar-refractivity contribution is 0.739. The monoisotopic (exact) mass is 257 g/mol. The van der Waals surface area contributed by atoms with E-state index in [-0.39, 0.29) is 0 Å². The van der Waals surface area contributed by atoms with Crippen LogP contribution in [0.4, 0.5) is 0 Å². The highest BCUT2D eigenvalue weighted by molar-refractivity contribution is 5.69. The zero-order valence-corrected chi connectivity index (χ0v) is 12.3. The van der Waals surface area contributed by atoms with E-state index in [9.17, 15) is 0 Å². The summed E-state index contributed by atoms with van der Waals surface area (Å²) in [5.74, 6) is 0.536. The third-order valence-electron chi connectivity index (χ3n) is 3.50. The summed E-state index contributed by atoms with van der Waals surface area (Å²) >= 11 is 0. The molecule has 0 amide bonds. The van der Waals surface area contributed by atoms with E-state index in [4.69, 9.17) is 5.73 Å². The molecule has 0 radical (unpaired) electrons. The van der Waals surface area contributed by atoms with Gasteiger partial charge in [-0.1, -0.05) is 32.0 Å². The molecular formula is C16H23N3. The van der Waals surface area contributed by atoms with Gasteiger partial charge in [-0.25, -0.2) is 0 Å². The van der Waals surface area contributed by atoms with E-state index in [0.717, 1.165) is 12.1 Å². The van der Waals surface area contributed by atoms with Gasteiger partial charge in [0.15, 0.2) is 0 Å². The van der Waals surface area contributed by atoms with Crippen LogP contribution >= 0.6 is 0 Å². The Hall–Kier alpha value is -1.61. The Labute approximate surface area is 115 Å². The number of hydrogen-bond donors (Lipinski definition) is 1. The molecule has 102 valence electrons. The molecule has 0 aliphatic rings.